The van der Waals surface area contributed by atoms with Gasteiger partial charge in [-0.25, -0.2) is 9.78 Å². The molecule has 8 heteroatoms. The third kappa shape index (κ3) is 2.42. The number of carboxylic acids is 1. The molecule has 2 unspecified atom stereocenters. The van der Waals surface area contributed by atoms with Gasteiger partial charge in [0.1, 0.15) is 0 Å². The number of hydrogen-bond donors (Lipinski definition) is 2. The minimum absolute atomic E-state index is 0.0123. The number of pyridine rings is 1. The number of anilines is 1. The van der Waals surface area contributed by atoms with Crippen LogP contribution < -0.4 is 4.90 Å². The van der Waals surface area contributed by atoms with Crippen molar-refractivity contribution in [3.63, 3.8) is 0 Å². The van der Waals surface area contributed by atoms with Gasteiger partial charge in [-0.2, -0.15) is 0 Å². The van der Waals surface area contributed by atoms with E-state index in [1.165, 1.54) is 0 Å². The summed E-state index contributed by atoms with van der Waals surface area (Å²) < 4.78 is 0. The summed E-state index contributed by atoms with van der Waals surface area (Å²) in [4.78, 5) is 26.9. The predicted molar refractivity (Wildman–Crippen MR) is 69.9 cm³/mol. The molecule has 8 nitrogen and oxygen atoms in total. The Kier molecular flexibility index (Phi) is 3.84. The van der Waals surface area contributed by atoms with Crippen LogP contribution in [-0.2, 0) is 0 Å². The maximum atomic E-state index is 11.1. The highest BCUT2D eigenvalue weighted by Crippen LogP contribution is 2.34. The summed E-state index contributed by atoms with van der Waals surface area (Å²) in [5, 5.41) is 29.4. The molecular formula is C12H15N3O5. The van der Waals surface area contributed by atoms with Gasteiger partial charge in [0.05, 0.1) is 17.6 Å². The van der Waals surface area contributed by atoms with E-state index in [4.69, 9.17) is 5.11 Å². The van der Waals surface area contributed by atoms with Crippen LogP contribution in [0.5, 0.6) is 0 Å². The molecule has 1 saturated heterocycles. The average Bonchev–Trinajstić information content (AvgIpc) is 2.78. The van der Waals surface area contributed by atoms with Gasteiger partial charge in [-0.15, -0.1) is 0 Å². The van der Waals surface area contributed by atoms with E-state index >= 15 is 0 Å². The molecule has 0 aliphatic carbocycles. The Morgan fingerprint density at radius 1 is 1.60 bits per heavy atom. The highest BCUT2D eigenvalue weighted by Gasteiger charge is 2.35. The third-order valence-electron chi connectivity index (χ3n) is 3.61. The van der Waals surface area contributed by atoms with Crippen LogP contribution in [-0.4, -0.2) is 45.3 Å². The number of nitrogens with zero attached hydrogens (tertiary/aromatic N) is 3. The van der Waals surface area contributed by atoms with Crippen molar-refractivity contribution in [1.82, 2.24) is 4.98 Å². The Balaban J connectivity index is 2.50. The van der Waals surface area contributed by atoms with E-state index in [9.17, 15) is 20.0 Å². The Labute approximate surface area is 114 Å². The van der Waals surface area contributed by atoms with Crippen molar-refractivity contribution in [3.8, 4) is 0 Å². The second-order valence-corrected chi connectivity index (χ2v) is 4.81. The second kappa shape index (κ2) is 5.41. The largest absolute Gasteiger partial charge is 0.477 e. The fourth-order valence-corrected chi connectivity index (χ4v) is 2.46. The van der Waals surface area contributed by atoms with Crippen molar-refractivity contribution in [3.05, 3.63) is 27.9 Å². The van der Waals surface area contributed by atoms with Crippen LogP contribution in [0.15, 0.2) is 12.1 Å². The SMILES string of the molecule is CC1CCN(c2nc(C(=O)O)ccc2[N+](=O)[O-])C1CO. The van der Waals surface area contributed by atoms with Gasteiger partial charge in [0.2, 0.25) is 5.82 Å². The molecule has 1 aliphatic rings. The Bertz CT molecular complexity index is 548. The van der Waals surface area contributed by atoms with Crippen molar-refractivity contribution in [2.24, 2.45) is 5.92 Å². The fraction of sp³-hybridized carbons (Fsp3) is 0.500. The number of aliphatic hydroxyl groups excluding tert-OH is 1. The van der Waals surface area contributed by atoms with E-state index < -0.39 is 10.9 Å². The Morgan fingerprint density at radius 3 is 2.85 bits per heavy atom. The number of aliphatic hydroxyl groups is 1. The van der Waals surface area contributed by atoms with E-state index in [1.807, 2.05) is 6.92 Å². The molecule has 2 atom stereocenters. The van der Waals surface area contributed by atoms with Gasteiger partial charge in [0.15, 0.2) is 5.69 Å². The van der Waals surface area contributed by atoms with Crippen molar-refractivity contribution in [2.75, 3.05) is 18.1 Å². The van der Waals surface area contributed by atoms with Crippen molar-refractivity contribution in [1.29, 1.82) is 0 Å². The molecule has 2 N–H and O–H groups in total. The summed E-state index contributed by atoms with van der Waals surface area (Å²) in [6.45, 7) is 2.29. The smallest absolute Gasteiger partial charge is 0.354 e. The molecule has 0 saturated carbocycles. The summed E-state index contributed by atoms with van der Waals surface area (Å²) >= 11 is 0. The lowest BCUT2D eigenvalue weighted by Gasteiger charge is -2.25. The van der Waals surface area contributed by atoms with Gasteiger partial charge in [-0.1, -0.05) is 6.92 Å². The van der Waals surface area contributed by atoms with Gasteiger partial charge in [0.25, 0.3) is 0 Å². The molecule has 0 aromatic carbocycles. The minimum Gasteiger partial charge on any atom is -0.477 e. The first-order chi connectivity index (χ1) is 9.45. The molecule has 1 fully saturated rings. The number of aromatic nitrogens is 1. The number of carboxylic acid groups (broad SMARTS) is 1. The molecule has 20 heavy (non-hydrogen) atoms. The van der Waals surface area contributed by atoms with E-state index in [1.54, 1.807) is 4.90 Å². The first kappa shape index (κ1) is 14.2. The zero-order valence-corrected chi connectivity index (χ0v) is 10.9. The zero-order chi connectivity index (χ0) is 14.9. The van der Waals surface area contributed by atoms with Crippen molar-refractivity contribution >= 4 is 17.5 Å². The Hall–Kier alpha value is -2.22. The van der Waals surface area contributed by atoms with Crippen LogP contribution in [0.3, 0.4) is 0 Å². The van der Waals surface area contributed by atoms with Crippen LogP contribution in [0.25, 0.3) is 0 Å². The second-order valence-electron chi connectivity index (χ2n) is 4.81. The van der Waals surface area contributed by atoms with Crippen LogP contribution >= 0.6 is 0 Å². The van der Waals surface area contributed by atoms with E-state index in [0.29, 0.717) is 6.54 Å². The molecule has 1 aliphatic heterocycles. The van der Waals surface area contributed by atoms with Gasteiger partial charge in [-0.3, -0.25) is 10.1 Å². The highest BCUT2D eigenvalue weighted by atomic mass is 16.6. The average molecular weight is 281 g/mol. The standard InChI is InChI=1S/C12H15N3O5/c1-7-4-5-14(10(7)6-16)11-9(15(19)20)3-2-8(13-11)12(17)18/h2-3,7,10,16H,4-6H2,1H3,(H,17,18). The number of hydrogen-bond acceptors (Lipinski definition) is 6. The lowest BCUT2D eigenvalue weighted by Crippen LogP contribution is -2.36. The van der Waals surface area contributed by atoms with Gasteiger partial charge in [0, 0.05) is 12.6 Å². The van der Waals surface area contributed by atoms with Crippen LogP contribution in [0.1, 0.15) is 23.8 Å². The van der Waals surface area contributed by atoms with Crippen LogP contribution in [0, 0.1) is 16.0 Å². The molecule has 0 amide bonds. The zero-order valence-electron chi connectivity index (χ0n) is 10.9. The Morgan fingerprint density at radius 2 is 2.30 bits per heavy atom. The van der Waals surface area contributed by atoms with E-state index in [-0.39, 0.29) is 35.8 Å². The fourth-order valence-electron chi connectivity index (χ4n) is 2.46. The minimum atomic E-state index is -1.24. The van der Waals surface area contributed by atoms with Gasteiger partial charge < -0.3 is 15.1 Å². The first-order valence-corrected chi connectivity index (χ1v) is 6.22. The quantitative estimate of drug-likeness (QED) is 0.621. The molecular weight excluding hydrogens is 266 g/mol. The molecule has 108 valence electrons. The monoisotopic (exact) mass is 281 g/mol. The van der Waals surface area contributed by atoms with Crippen molar-refractivity contribution < 1.29 is 19.9 Å². The summed E-state index contributed by atoms with van der Waals surface area (Å²) in [6.07, 6.45) is 0.765. The predicted octanol–water partition coefficient (Wildman–Crippen LogP) is 0.895. The molecule has 0 spiro atoms. The number of carbonyl (C=O) groups is 1. The number of nitro groups is 1. The molecule has 1 aromatic heterocycles. The molecule has 0 bridgehead atoms. The molecule has 0 radical (unpaired) electrons. The number of aromatic carboxylic acids is 1. The summed E-state index contributed by atoms with van der Waals surface area (Å²) in [7, 11) is 0. The van der Waals surface area contributed by atoms with Gasteiger partial charge in [-0.05, 0) is 18.4 Å². The maximum Gasteiger partial charge on any atom is 0.354 e. The van der Waals surface area contributed by atoms with E-state index in [2.05, 4.69) is 4.98 Å². The third-order valence-corrected chi connectivity index (χ3v) is 3.61. The lowest BCUT2D eigenvalue weighted by molar-refractivity contribution is -0.384. The molecule has 1 aromatic rings. The maximum absolute atomic E-state index is 11.1. The summed E-state index contributed by atoms with van der Waals surface area (Å²) in [5.74, 6) is -1.07. The first-order valence-electron chi connectivity index (χ1n) is 6.22. The van der Waals surface area contributed by atoms with Crippen molar-refractivity contribution in [2.45, 2.75) is 19.4 Å². The molecule has 2 rings (SSSR count). The lowest BCUT2D eigenvalue weighted by atomic mass is 10.0. The normalized spacial score (nSPS) is 22.0. The summed E-state index contributed by atoms with van der Waals surface area (Å²) in [5.41, 5.74) is -0.496. The van der Waals surface area contributed by atoms with Crippen LogP contribution in [0.2, 0.25) is 0 Å². The van der Waals surface area contributed by atoms with Gasteiger partial charge >= 0.3 is 11.7 Å². The summed E-state index contributed by atoms with van der Waals surface area (Å²) in [6, 6.07) is 1.96. The van der Waals surface area contributed by atoms with Crippen LogP contribution in [0.4, 0.5) is 11.5 Å². The van der Waals surface area contributed by atoms with E-state index in [0.717, 1.165) is 18.6 Å². The number of rotatable bonds is 4. The topological polar surface area (TPSA) is 117 Å². The highest BCUT2D eigenvalue weighted by molar-refractivity contribution is 5.86. The molecule has 2 heterocycles.